The molecule has 1 aromatic carbocycles. The molecule has 4 rings (SSSR count). The first-order valence-electron chi connectivity index (χ1n) is 9.86. The number of hydrogen-bond donors (Lipinski definition) is 3. The number of amides is 1. The van der Waals surface area contributed by atoms with Crippen LogP contribution < -0.4 is 15.8 Å². The number of ether oxygens (including phenoxy) is 1. The van der Waals surface area contributed by atoms with E-state index in [1.165, 1.54) is 11.3 Å². The second kappa shape index (κ2) is 9.16. The van der Waals surface area contributed by atoms with Gasteiger partial charge in [-0.05, 0) is 26.0 Å². The van der Waals surface area contributed by atoms with Crippen molar-refractivity contribution in [2.24, 2.45) is 0 Å². The molecule has 7 nitrogen and oxygen atoms in total. The Morgan fingerprint density at radius 1 is 1.29 bits per heavy atom. The zero-order chi connectivity index (χ0) is 22.9. The summed E-state index contributed by atoms with van der Waals surface area (Å²) in [7, 11) is 0. The smallest absolute Gasteiger partial charge is 0.261 e. The Morgan fingerprint density at radius 2 is 2.00 bits per heavy atom. The van der Waals surface area contributed by atoms with Crippen LogP contribution in [0.2, 0.25) is 10.0 Å². The molecule has 2 aromatic heterocycles. The van der Waals surface area contributed by atoms with Crippen LogP contribution in [0, 0.1) is 0 Å². The molecule has 0 aliphatic carbocycles. The SMILES string of the molecule is CC.CC(C)(O)CNC(=O)c1cc2c(-c3c(Cl)cc(Cl)c4c3CCO4)nc(N)nc2s1. The fourth-order valence-corrected chi connectivity index (χ4v) is 4.78. The number of carbonyl (C=O) groups is 1. The number of anilines is 1. The third kappa shape index (κ3) is 4.87. The Balaban J connectivity index is 0.00000132. The van der Waals surface area contributed by atoms with Gasteiger partial charge in [-0.3, -0.25) is 4.79 Å². The van der Waals surface area contributed by atoms with Crippen LogP contribution in [-0.4, -0.2) is 39.7 Å². The second-order valence-corrected chi connectivity index (χ2v) is 9.22. The summed E-state index contributed by atoms with van der Waals surface area (Å²) < 4.78 is 5.65. The predicted molar refractivity (Wildman–Crippen MR) is 126 cm³/mol. The highest BCUT2D eigenvalue weighted by atomic mass is 35.5. The Kier molecular flexibility index (Phi) is 6.95. The lowest BCUT2D eigenvalue weighted by atomic mass is 10.00. The number of nitrogens with two attached hydrogens (primary N) is 1. The van der Waals surface area contributed by atoms with E-state index in [1.807, 2.05) is 13.8 Å². The summed E-state index contributed by atoms with van der Waals surface area (Å²) in [5.74, 6) is 0.363. The normalized spacial score (nSPS) is 12.7. The molecule has 0 unspecified atom stereocenters. The fraction of sp³-hybridized carbons (Fsp3) is 0.381. The van der Waals surface area contributed by atoms with E-state index < -0.39 is 5.60 Å². The molecule has 0 atom stereocenters. The van der Waals surface area contributed by atoms with Gasteiger partial charge in [0.15, 0.2) is 0 Å². The van der Waals surface area contributed by atoms with Gasteiger partial charge in [0.2, 0.25) is 5.95 Å². The maximum absolute atomic E-state index is 12.5. The minimum Gasteiger partial charge on any atom is -0.491 e. The largest absolute Gasteiger partial charge is 0.491 e. The van der Waals surface area contributed by atoms with Gasteiger partial charge in [-0.2, -0.15) is 0 Å². The highest BCUT2D eigenvalue weighted by Gasteiger charge is 2.27. The molecule has 4 N–H and O–H groups in total. The number of fused-ring (bicyclic) bond motifs is 2. The van der Waals surface area contributed by atoms with Crippen molar-refractivity contribution in [3.05, 3.63) is 32.6 Å². The first-order valence-corrected chi connectivity index (χ1v) is 11.4. The van der Waals surface area contributed by atoms with E-state index in [9.17, 15) is 9.90 Å². The van der Waals surface area contributed by atoms with E-state index in [0.717, 1.165) is 5.56 Å². The number of hydrogen-bond acceptors (Lipinski definition) is 7. The van der Waals surface area contributed by atoms with E-state index in [0.29, 0.717) is 55.2 Å². The highest BCUT2D eigenvalue weighted by Crippen LogP contribution is 2.46. The van der Waals surface area contributed by atoms with Gasteiger partial charge in [-0.25, -0.2) is 9.97 Å². The molecule has 3 heterocycles. The van der Waals surface area contributed by atoms with Crippen LogP contribution in [0.15, 0.2) is 12.1 Å². The van der Waals surface area contributed by atoms with Crippen molar-refractivity contribution >= 4 is 56.6 Å². The number of nitrogen functional groups attached to an aromatic ring is 1. The summed E-state index contributed by atoms with van der Waals surface area (Å²) >= 11 is 14.0. The van der Waals surface area contributed by atoms with Gasteiger partial charge in [0.05, 0.1) is 32.8 Å². The average Bonchev–Trinajstić information content (AvgIpc) is 3.34. The molecular weight excluding hydrogens is 459 g/mol. The summed E-state index contributed by atoms with van der Waals surface area (Å²) in [6.45, 7) is 7.86. The van der Waals surface area contributed by atoms with Crippen molar-refractivity contribution in [3.8, 4) is 17.0 Å². The topological polar surface area (TPSA) is 110 Å². The van der Waals surface area contributed by atoms with E-state index in [4.69, 9.17) is 33.7 Å². The molecule has 0 fully saturated rings. The summed E-state index contributed by atoms with van der Waals surface area (Å²) in [5, 5.41) is 14.1. The summed E-state index contributed by atoms with van der Waals surface area (Å²) in [4.78, 5) is 22.2. The lowest BCUT2D eigenvalue weighted by molar-refractivity contribution is 0.0696. The third-order valence-corrected chi connectivity index (χ3v) is 6.04. The van der Waals surface area contributed by atoms with Crippen LogP contribution in [0.25, 0.3) is 21.5 Å². The van der Waals surface area contributed by atoms with Crippen molar-refractivity contribution in [2.45, 2.75) is 39.7 Å². The lowest BCUT2D eigenvalue weighted by Gasteiger charge is -2.17. The molecule has 0 spiro atoms. The average molecular weight is 483 g/mol. The van der Waals surface area contributed by atoms with Crippen LogP contribution in [0.5, 0.6) is 5.75 Å². The quantitative estimate of drug-likeness (QED) is 0.496. The standard InChI is InChI=1S/C19H18Cl2N4O3S.C2H6/c1-19(2,27)7-23-16(26)12-5-9-14(24-18(22)25-17(9)29-12)13-8-3-4-28-15(8)11(21)6-10(13)20;1-2/h5-6,27H,3-4,7H2,1-2H3,(H,23,26)(H2,22,24,25);1-2H3. The molecule has 0 bridgehead atoms. The van der Waals surface area contributed by atoms with Crippen LogP contribution in [0.4, 0.5) is 5.95 Å². The number of rotatable bonds is 4. The van der Waals surface area contributed by atoms with Gasteiger partial charge < -0.3 is 20.9 Å². The number of halogens is 2. The highest BCUT2D eigenvalue weighted by molar-refractivity contribution is 7.20. The molecule has 166 valence electrons. The zero-order valence-electron chi connectivity index (χ0n) is 17.7. The van der Waals surface area contributed by atoms with Gasteiger partial charge in [-0.15, -0.1) is 11.3 Å². The Morgan fingerprint density at radius 3 is 2.68 bits per heavy atom. The fourth-order valence-electron chi connectivity index (χ4n) is 3.18. The van der Waals surface area contributed by atoms with E-state index >= 15 is 0 Å². The molecule has 1 amide bonds. The first-order chi connectivity index (χ1) is 14.6. The monoisotopic (exact) mass is 482 g/mol. The summed E-state index contributed by atoms with van der Waals surface area (Å²) in [5.41, 5.74) is 7.01. The first kappa shape index (κ1) is 23.5. The molecular formula is C21H24Cl2N4O3S. The molecule has 10 heteroatoms. The number of nitrogens with zero attached hydrogens (tertiary/aromatic N) is 2. The molecule has 3 aromatic rings. The third-order valence-electron chi connectivity index (χ3n) is 4.44. The predicted octanol–water partition coefficient (Wildman–Crippen LogP) is 4.71. The number of aliphatic hydroxyl groups is 1. The van der Waals surface area contributed by atoms with Gasteiger partial charge in [0, 0.05) is 29.5 Å². The van der Waals surface area contributed by atoms with Crippen molar-refractivity contribution in [2.75, 3.05) is 18.9 Å². The van der Waals surface area contributed by atoms with Crippen molar-refractivity contribution in [1.82, 2.24) is 15.3 Å². The van der Waals surface area contributed by atoms with Crippen LogP contribution in [0.3, 0.4) is 0 Å². The number of thiophene rings is 1. The maximum atomic E-state index is 12.5. The van der Waals surface area contributed by atoms with Crippen LogP contribution >= 0.6 is 34.5 Å². The molecule has 31 heavy (non-hydrogen) atoms. The number of benzene rings is 1. The molecule has 0 radical (unpaired) electrons. The van der Waals surface area contributed by atoms with Gasteiger partial charge in [-0.1, -0.05) is 37.0 Å². The van der Waals surface area contributed by atoms with Crippen molar-refractivity contribution < 1.29 is 14.6 Å². The second-order valence-electron chi connectivity index (χ2n) is 7.38. The lowest BCUT2D eigenvalue weighted by Crippen LogP contribution is -2.37. The number of carbonyl (C=O) groups excluding carboxylic acids is 1. The minimum atomic E-state index is -1.01. The summed E-state index contributed by atoms with van der Waals surface area (Å²) in [6.07, 6.45) is 0.638. The van der Waals surface area contributed by atoms with Gasteiger partial charge in [0.25, 0.3) is 5.91 Å². The van der Waals surface area contributed by atoms with Crippen molar-refractivity contribution in [3.63, 3.8) is 0 Å². The van der Waals surface area contributed by atoms with E-state index in [1.54, 1.807) is 26.0 Å². The summed E-state index contributed by atoms with van der Waals surface area (Å²) in [6, 6.07) is 3.33. The number of nitrogens with one attached hydrogen (secondary N) is 1. The maximum Gasteiger partial charge on any atom is 0.261 e. The van der Waals surface area contributed by atoms with Crippen molar-refractivity contribution in [1.29, 1.82) is 0 Å². The molecule has 0 saturated carbocycles. The van der Waals surface area contributed by atoms with Gasteiger partial charge >= 0.3 is 0 Å². The number of aromatic nitrogens is 2. The molecule has 1 aliphatic rings. The molecule has 1 aliphatic heterocycles. The van der Waals surface area contributed by atoms with Crippen LogP contribution in [0.1, 0.15) is 42.9 Å². The zero-order valence-corrected chi connectivity index (χ0v) is 20.0. The Hall–Kier alpha value is -2.13. The molecule has 0 saturated heterocycles. The van der Waals surface area contributed by atoms with E-state index in [2.05, 4.69) is 15.3 Å². The van der Waals surface area contributed by atoms with Gasteiger partial charge in [0.1, 0.15) is 10.6 Å². The Bertz CT molecular complexity index is 1140. The van der Waals surface area contributed by atoms with E-state index in [-0.39, 0.29) is 18.4 Å². The Labute approximate surface area is 194 Å². The van der Waals surface area contributed by atoms with Crippen LogP contribution in [-0.2, 0) is 6.42 Å². The minimum absolute atomic E-state index is 0.0801.